The van der Waals surface area contributed by atoms with Crippen LogP contribution in [0.25, 0.3) is 0 Å². The van der Waals surface area contributed by atoms with Crippen LogP contribution in [0, 0.1) is 0 Å². The molecule has 0 unspecified atom stereocenters. The normalized spacial score (nSPS) is 14.4. The molecule has 3 nitrogen and oxygen atoms in total. The van der Waals surface area contributed by atoms with E-state index in [-0.39, 0.29) is 16.6 Å². The lowest BCUT2D eigenvalue weighted by Gasteiger charge is -2.42. The second kappa shape index (κ2) is 5.78. The fourth-order valence-corrected chi connectivity index (χ4v) is 3.37. The van der Waals surface area contributed by atoms with E-state index >= 15 is 0 Å². The number of nitrogens with one attached hydrogen (secondary N) is 2. The molecular weight excluding hydrogens is 243 g/mol. The Bertz CT molecular complexity index is 304. The quantitative estimate of drug-likeness (QED) is 0.667. The minimum atomic E-state index is -1.21. The Morgan fingerprint density at radius 2 is 1.26 bits per heavy atom. The van der Waals surface area contributed by atoms with E-state index in [4.69, 9.17) is 0 Å². The van der Waals surface area contributed by atoms with Gasteiger partial charge in [0, 0.05) is 16.6 Å². The van der Waals surface area contributed by atoms with E-state index in [2.05, 4.69) is 24.5 Å². The summed E-state index contributed by atoms with van der Waals surface area (Å²) in [5.41, 5.74) is -2.00. The van der Waals surface area contributed by atoms with Crippen molar-refractivity contribution >= 4 is 6.41 Å². The summed E-state index contributed by atoms with van der Waals surface area (Å²) in [6, 6.07) is 0. The van der Waals surface area contributed by atoms with Crippen molar-refractivity contribution in [1.29, 1.82) is 0 Å². The highest BCUT2D eigenvalue weighted by Gasteiger charge is 2.35. The summed E-state index contributed by atoms with van der Waals surface area (Å²) in [4.78, 5) is 10.6. The zero-order valence-electron chi connectivity index (χ0n) is 13.8. The lowest BCUT2D eigenvalue weighted by molar-refractivity contribution is -0.111. The van der Waals surface area contributed by atoms with Crippen LogP contribution < -0.4 is 10.6 Å². The molecule has 0 bridgehead atoms. The number of halogens is 1. The summed E-state index contributed by atoms with van der Waals surface area (Å²) in [5.74, 6) is 0. The SMILES string of the molecule is CC(C)(F)CC(C)(C)NC(C)(C)CC(C)(C)NC=O. The van der Waals surface area contributed by atoms with Gasteiger partial charge in [0.2, 0.25) is 6.41 Å². The molecule has 0 aromatic carbocycles. The van der Waals surface area contributed by atoms with Gasteiger partial charge in [-0.15, -0.1) is 0 Å². The largest absolute Gasteiger partial charge is 0.354 e. The lowest BCUT2D eigenvalue weighted by atomic mass is 9.82. The van der Waals surface area contributed by atoms with E-state index in [0.29, 0.717) is 6.42 Å². The van der Waals surface area contributed by atoms with Crippen molar-refractivity contribution in [2.75, 3.05) is 0 Å². The Morgan fingerprint density at radius 3 is 1.63 bits per heavy atom. The van der Waals surface area contributed by atoms with Crippen molar-refractivity contribution in [1.82, 2.24) is 10.6 Å². The van der Waals surface area contributed by atoms with E-state index < -0.39 is 5.67 Å². The fourth-order valence-electron chi connectivity index (χ4n) is 3.37. The Morgan fingerprint density at radius 1 is 0.842 bits per heavy atom. The molecule has 0 atom stereocenters. The van der Waals surface area contributed by atoms with Gasteiger partial charge < -0.3 is 10.6 Å². The van der Waals surface area contributed by atoms with Crippen molar-refractivity contribution in [3.05, 3.63) is 0 Å². The van der Waals surface area contributed by atoms with Gasteiger partial charge in [-0.1, -0.05) is 0 Å². The molecule has 0 aliphatic rings. The summed E-state index contributed by atoms with van der Waals surface area (Å²) < 4.78 is 13.8. The fraction of sp³-hybridized carbons (Fsp3) is 0.933. The van der Waals surface area contributed by atoms with E-state index in [1.165, 1.54) is 0 Å². The maximum absolute atomic E-state index is 13.8. The minimum absolute atomic E-state index is 0.200. The second-order valence-electron chi connectivity index (χ2n) is 8.11. The molecule has 0 aliphatic carbocycles. The molecule has 0 aliphatic heterocycles. The van der Waals surface area contributed by atoms with Crippen molar-refractivity contribution in [2.45, 2.75) is 90.5 Å². The molecule has 114 valence electrons. The second-order valence-corrected chi connectivity index (χ2v) is 8.11. The zero-order chi connectivity index (χ0) is 15.5. The molecule has 4 heteroatoms. The Hall–Kier alpha value is -0.640. The summed E-state index contributed by atoms with van der Waals surface area (Å²) in [5, 5.41) is 6.33. The van der Waals surface area contributed by atoms with E-state index in [9.17, 15) is 9.18 Å². The predicted molar refractivity (Wildman–Crippen MR) is 79.0 cm³/mol. The lowest BCUT2D eigenvalue weighted by Crippen LogP contribution is -2.57. The van der Waals surface area contributed by atoms with Crippen LogP contribution in [0.15, 0.2) is 0 Å². The van der Waals surface area contributed by atoms with Crippen molar-refractivity contribution < 1.29 is 9.18 Å². The zero-order valence-corrected chi connectivity index (χ0v) is 13.8. The number of rotatable bonds is 8. The van der Waals surface area contributed by atoms with E-state index in [1.807, 2.05) is 27.7 Å². The summed E-state index contributed by atoms with van der Waals surface area (Å²) in [6.45, 7) is 15.3. The summed E-state index contributed by atoms with van der Waals surface area (Å²) in [7, 11) is 0. The van der Waals surface area contributed by atoms with Crippen molar-refractivity contribution in [2.24, 2.45) is 0 Å². The highest BCUT2D eigenvalue weighted by atomic mass is 19.1. The highest BCUT2D eigenvalue weighted by Crippen LogP contribution is 2.28. The first-order valence-corrected chi connectivity index (χ1v) is 6.88. The third-order valence-corrected chi connectivity index (χ3v) is 2.87. The third-order valence-electron chi connectivity index (χ3n) is 2.87. The Balaban J connectivity index is 4.71. The van der Waals surface area contributed by atoms with Gasteiger partial charge in [-0.25, -0.2) is 4.39 Å². The summed E-state index contributed by atoms with van der Waals surface area (Å²) >= 11 is 0. The van der Waals surface area contributed by atoms with Gasteiger partial charge in [0.25, 0.3) is 0 Å². The molecule has 0 radical (unpaired) electrons. The van der Waals surface area contributed by atoms with Crippen LogP contribution in [-0.4, -0.2) is 28.7 Å². The first kappa shape index (κ1) is 18.4. The molecule has 0 saturated carbocycles. The van der Waals surface area contributed by atoms with Crippen LogP contribution >= 0.6 is 0 Å². The van der Waals surface area contributed by atoms with Gasteiger partial charge in [-0.05, 0) is 68.2 Å². The average molecular weight is 274 g/mol. The highest BCUT2D eigenvalue weighted by molar-refractivity contribution is 5.47. The van der Waals surface area contributed by atoms with Crippen LogP contribution in [0.2, 0.25) is 0 Å². The molecule has 0 heterocycles. The van der Waals surface area contributed by atoms with Crippen LogP contribution in [0.1, 0.15) is 68.2 Å². The first-order chi connectivity index (χ1) is 8.18. The number of hydrogen-bond acceptors (Lipinski definition) is 2. The Kier molecular flexibility index (Phi) is 5.58. The molecule has 0 aromatic heterocycles. The monoisotopic (exact) mass is 274 g/mol. The average Bonchev–Trinajstić information content (AvgIpc) is 1.90. The summed E-state index contributed by atoms with van der Waals surface area (Å²) in [6.07, 6.45) is 1.92. The maximum Gasteiger partial charge on any atom is 0.207 e. The number of hydrogen-bond donors (Lipinski definition) is 2. The van der Waals surface area contributed by atoms with Crippen LogP contribution in [-0.2, 0) is 4.79 Å². The van der Waals surface area contributed by atoms with Gasteiger partial charge in [0.15, 0.2) is 0 Å². The van der Waals surface area contributed by atoms with Crippen LogP contribution in [0.5, 0.6) is 0 Å². The van der Waals surface area contributed by atoms with Gasteiger partial charge in [0.1, 0.15) is 5.67 Å². The van der Waals surface area contributed by atoms with Crippen LogP contribution in [0.3, 0.4) is 0 Å². The standard InChI is InChI=1S/C15H31FN2O/c1-12(2,16)9-14(5,6)18-15(7,8)10-13(3,4)17-11-19/h11,18H,9-10H2,1-8H3,(H,17,19). The molecule has 1 amide bonds. The molecule has 0 aromatic rings. The molecule has 0 fully saturated rings. The predicted octanol–water partition coefficient (Wildman–Crippen LogP) is 3.19. The molecular formula is C15H31FN2O. The van der Waals surface area contributed by atoms with E-state index in [1.54, 1.807) is 13.8 Å². The van der Waals surface area contributed by atoms with Gasteiger partial charge in [-0.2, -0.15) is 0 Å². The van der Waals surface area contributed by atoms with Gasteiger partial charge in [-0.3, -0.25) is 4.79 Å². The molecule has 0 rings (SSSR count). The van der Waals surface area contributed by atoms with E-state index in [0.717, 1.165) is 12.8 Å². The number of amides is 1. The maximum atomic E-state index is 13.8. The molecule has 2 N–H and O–H groups in total. The number of carbonyl (C=O) groups is 1. The topological polar surface area (TPSA) is 41.1 Å². The molecule has 0 saturated heterocycles. The minimum Gasteiger partial charge on any atom is -0.354 e. The van der Waals surface area contributed by atoms with Gasteiger partial charge >= 0.3 is 0 Å². The first-order valence-electron chi connectivity index (χ1n) is 6.88. The Labute approximate surface area is 117 Å². The smallest absolute Gasteiger partial charge is 0.207 e. The van der Waals surface area contributed by atoms with Crippen LogP contribution in [0.4, 0.5) is 4.39 Å². The molecule has 19 heavy (non-hydrogen) atoms. The van der Waals surface area contributed by atoms with Gasteiger partial charge in [0.05, 0.1) is 0 Å². The third kappa shape index (κ3) is 8.98. The number of alkyl halides is 1. The van der Waals surface area contributed by atoms with Crippen molar-refractivity contribution in [3.63, 3.8) is 0 Å². The number of carbonyl (C=O) groups excluding carboxylic acids is 1. The van der Waals surface area contributed by atoms with Crippen molar-refractivity contribution in [3.8, 4) is 0 Å². The molecule has 0 spiro atoms.